The average molecular weight is 296 g/mol. The number of hydrogen-bond acceptors (Lipinski definition) is 5. The molecule has 1 aromatic rings. The summed E-state index contributed by atoms with van der Waals surface area (Å²) in [7, 11) is 0. The lowest BCUT2D eigenvalue weighted by Crippen LogP contribution is -2.37. The molecule has 1 aliphatic carbocycles. The SMILES string of the molecule is NNc1ncc(C(=O)NC2CCN(C3CC3)C2)cc1Cl. The van der Waals surface area contributed by atoms with Crippen LogP contribution in [0.3, 0.4) is 0 Å². The Balaban J connectivity index is 1.60. The van der Waals surface area contributed by atoms with E-state index in [2.05, 4.69) is 20.6 Å². The molecule has 1 saturated carbocycles. The minimum atomic E-state index is -0.134. The normalized spacial score (nSPS) is 22.8. The van der Waals surface area contributed by atoms with Crippen LogP contribution in [0.1, 0.15) is 29.6 Å². The number of halogens is 1. The highest BCUT2D eigenvalue weighted by Gasteiger charge is 2.34. The van der Waals surface area contributed by atoms with E-state index >= 15 is 0 Å². The van der Waals surface area contributed by atoms with E-state index in [0.717, 1.165) is 25.6 Å². The first-order chi connectivity index (χ1) is 9.67. The van der Waals surface area contributed by atoms with Crippen molar-refractivity contribution in [2.24, 2.45) is 5.84 Å². The maximum Gasteiger partial charge on any atom is 0.253 e. The van der Waals surface area contributed by atoms with Gasteiger partial charge in [0.2, 0.25) is 0 Å². The number of hydrazine groups is 1. The average Bonchev–Trinajstić information content (AvgIpc) is 3.19. The van der Waals surface area contributed by atoms with Crippen molar-refractivity contribution in [3.8, 4) is 0 Å². The van der Waals surface area contributed by atoms with Crippen molar-refractivity contribution in [2.75, 3.05) is 18.5 Å². The molecule has 1 atom stereocenters. The van der Waals surface area contributed by atoms with E-state index in [1.165, 1.54) is 19.0 Å². The van der Waals surface area contributed by atoms with Crippen LogP contribution in [0.25, 0.3) is 0 Å². The van der Waals surface area contributed by atoms with Crippen molar-refractivity contribution in [3.63, 3.8) is 0 Å². The Labute approximate surface area is 122 Å². The van der Waals surface area contributed by atoms with Crippen molar-refractivity contribution in [1.29, 1.82) is 0 Å². The summed E-state index contributed by atoms with van der Waals surface area (Å²) < 4.78 is 0. The van der Waals surface area contributed by atoms with Gasteiger partial charge in [-0.05, 0) is 25.3 Å². The molecule has 6 nitrogen and oxygen atoms in total. The molecule has 3 rings (SSSR count). The summed E-state index contributed by atoms with van der Waals surface area (Å²) in [5.74, 6) is 5.49. The number of anilines is 1. The largest absolute Gasteiger partial charge is 0.348 e. The summed E-state index contributed by atoms with van der Waals surface area (Å²) in [6.07, 6.45) is 5.08. The van der Waals surface area contributed by atoms with Crippen molar-refractivity contribution in [2.45, 2.75) is 31.3 Å². The second-order valence-electron chi connectivity index (χ2n) is 5.38. The van der Waals surface area contributed by atoms with Crippen LogP contribution >= 0.6 is 11.6 Å². The van der Waals surface area contributed by atoms with Crippen molar-refractivity contribution in [1.82, 2.24) is 15.2 Å². The number of pyridine rings is 1. The number of nitrogen functional groups attached to an aromatic ring is 1. The number of likely N-dealkylation sites (tertiary alicyclic amines) is 1. The van der Waals surface area contributed by atoms with Gasteiger partial charge in [-0.1, -0.05) is 11.6 Å². The van der Waals surface area contributed by atoms with Crippen LogP contribution in [0.5, 0.6) is 0 Å². The molecular weight excluding hydrogens is 278 g/mol. The highest BCUT2D eigenvalue weighted by atomic mass is 35.5. The number of nitrogens with one attached hydrogen (secondary N) is 2. The van der Waals surface area contributed by atoms with Crippen LogP contribution in [-0.4, -0.2) is 41.0 Å². The first kappa shape index (κ1) is 13.6. The molecule has 0 aromatic carbocycles. The third kappa shape index (κ3) is 2.87. The minimum Gasteiger partial charge on any atom is -0.348 e. The summed E-state index contributed by atoms with van der Waals surface area (Å²) in [6, 6.07) is 2.55. The quantitative estimate of drug-likeness (QED) is 0.570. The number of carbonyl (C=O) groups excluding carboxylic acids is 1. The van der Waals surface area contributed by atoms with E-state index < -0.39 is 0 Å². The van der Waals surface area contributed by atoms with Gasteiger partial charge >= 0.3 is 0 Å². The summed E-state index contributed by atoms with van der Waals surface area (Å²) in [4.78, 5) is 18.6. The summed E-state index contributed by atoms with van der Waals surface area (Å²) in [5.41, 5.74) is 2.84. The maximum atomic E-state index is 12.2. The molecule has 0 spiro atoms. The number of aromatic nitrogens is 1. The van der Waals surface area contributed by atoms with E-state index in [1.54, 1.807) is 6.07 Å². The van der Waals surface area contributed by atoms with Gasteiger partial charge < -0.3 is 10.7 Å². The third-order valence-electron chi connectivity index (χ3n) is 3.86. The lowest BCUT2D eigenvalue weighted by molar-refractivity contribution is 0.0937. The van der Waals surface area contributed by atoms with E-state index in [0.29, 0.717) is 16.4 Å². The van der Waals surface area contributed by atoms with Gasteiger partial charge in [0, 0.05) is 31.4 Å². The Morgan fingerprint density at radius 3 is 2.90 bits per heavy atom. The van der Waals surface area contributed by atoms with Crippen LogP contribution in [0.2, 0.25) is 5.02 Å². The first-order valence-electron chi connectivity index (χ1n) is 6.84. The molecule has 1 aliphatic heterocycles. The first-order valence-corrected chi connectivity index (χ1v) is 7.22. The zero-order chi connectivity index (χ0) is 14.1. The number of carbonyl (C=O) groups is 1. The summed E-state index contributed by atoms with van der Waals surface area (Å²) >= 11 is 5.97. The van der Waals surface area contributed by atoms with Crippen molar-refractivity contribution < 1.29 is 4.79 Å². The fourth-order valence-corrected chi connectivity index (χ4v) is 2.83. The van der Waals surface area contributed by atoms with Gasteiger partial charge in [0.15, 0.2) is 5.82 Å². The van der Waals surface area contributed by atoms with Crippen LogP contribution in [0, 0.1) is 0 Å². The molecule has 1 aromatic heterocycles. The molecule has 4 N–H and O–H groups in total. The number of hydrogen-bond donors (Lipinski definition) is 3. The van der Waals surface area contributed by atoms with Crippen LogP contribution < -0.4 is 16.6 Å². The minimum absolute atomic E-state index is 0.134. The Morgan fingerprint density at radius 2 is 2.25 bits per heavy atom. The molecule has 108 valence electrons. The maximum absolute atomic E-state index is 12.2. The molecule has 2 aliphatic rings. The second kappa shape index (κ2) is 5.55. The van der Waals surface area contributed by atoms with Crippen LogP contribution in [-0.2, 0) is 0 Å². The van der Waals surface area contributed by atoms with Crippen molar-refractivity contribution >= 4 is 23.3 Å². The van der Waals surface area contributed by atoms with Gasteiger partial charge in [0.25, 0.3) is 5.91 Å². The summed E-state index contributed by atoms with van der Waals surface area (Å²) in [5, 5.41) is 3.38. The smallest absolute Gasteiger partial charge is 0.253 e. The second-order valence-corrected chi connectivity index (χ2v) is 5.79. The van der Waals surface area contributed by atoms with Gasteiger partial charge in [0.1, 0.15) is 0 Å². The van der Waals surface area contributed by atoms with Gasteiger partial charge in [-0.3, -0.25) is 9.69 Å². The summed E-state index contributed by atoms with van der Waals surface area (Å²) in [6.45, 7) is 2.02. The fourth-order valence-electron chi connectivity index (χ4n) is 2.61. The highest BCUT2D eigenvalue weighted by Crippen LogP contribution is 2.29. The number of amides is 1. The number of nitrogens with two attached hydrogens (primary N) is 1. The Hall–Kier alpha value is -1.37. The molecule has 2 heterocycles. The lowest BCUT2D eigenvalue weighted by atomic mass is 10.2. The number of rotatable bonds is 4. The molecule has 1 amide bonds. The highest BCUT2D eigenvalue weighted by molar-refractivity contribution is 6.33. The van der Waals surface area contributed by atoms with Crippen LogP contribution in [0.15, 0.2) is 12.3 Å². The van der Waals surface area contributed by atoms with Gasteiger partial charge in [-0.15, -0.1) is 0 Å². The Kier molecular flexibility index (Phi) is 3.78. The molecule has 0 bridgehead atoms. The van der Waals surface area contributed by atoms with Gasteiger partial charge in [-0.25, -0.2) is 10.8 Å². The predicted molar refractivity (Wildman–Crippen MR) is 77.5 cm³/mol. The monoisotopic (exact) mass is 295 g/mol. The van der Waals surface area contributed by atoms with Gasteiger partial charge in [0.05, 0.1) is 10.6 Å². The van der Waals surface area contributed by atoms with E-state index in [1.807, 2.05) is 0 Å². The van der Waals surface area contributed by atoms with Gasteiger partial charge in [-0.2, -0.15) is 0 Å². The van der Waals surface area contributed by atoms with E-state index in [4.69, 9.17) is 17.4 Å². The fraction of sp³-hybridized carbons (Fsp3) is 0.538. The molecule has 7 heteroatoms. The molecule has 1 unspecified atom stereocenters. The molecule has 2 fully saturated rings. The third-order valence-corrected chi connectivity index (χ3v) is 4.15. The van der Waals surface area contributed by atoms with Crippen LogP contribution in [0.4, 0.5) is 5.82 Å². The van der Waals surface area contributed by atoms with E-state index in [-0.39, 0.29) is 11.9 Å². The molecule has 0 radical (unpaired) electrons. The molecule has 1 saturated heterocycles. The zero-order valence-corrected chi connectivity index (χ0v) is 11.9. The molecular formula is C13H18ClN5O. The topological polar surface area (TPSA) is 83.3 Å². The predicted octanol–water partition coefficient (Wildman–Crippen LogP) is 0.987. The Bertz CT molecular complexity index is 519. The standard InChI is InChI=1S/C13H18ClN5O/c14-11-5-8(6-16-12(11)18-15)13(20)17-9-3-4-19(7-9)10-1-2-10/h5-6,9-10H,1-4,7,15H2,(H,16,18)(H,17,20). The zero-order valence-electron chi connectivity index (χ0n) is 11.1. The lowest BCUT2D eigenvalue weighted by Gasteiger charge is -2.16. The molecule has 20 heavy (non-hydrogen) atoms. The Morgan fingerprint density at radius 1 is 1.45 bits per heavy atom. The number of nitrogens with zero attached hydrogens (tertiary/aromatic N) is 2. The van der Waals surface area contributed by atoms with E-state index in [9.17, 15) is 4.79 Å². The van der Waals surface area contributed by atoms with Crippen molar-refractivity contribution in [3.05, 3.63) is 22.8 Å².